The number of amides is 1. The van der Waals surface area contributed by atoms with Crippen LogP contribution in [0.15, 0.2) is 42.6 Å². The molecular formula is C23H20ClN7O. The fourth-order valence-corrected chi connectivity index (χ4v) is 3.73. The number of nitrogens with one attached hydrogen (secondary N) is 1. The molecule has 0 radical (unpaired) electrons. The van der Waals surface area contributed by atoms with Gasteiger partial charge in [0.2, 0.25) is 0 Å². The van der Waals surface area contributed by atoms with E-state index in [0.29, 0.717) is 23.9 Å². The second kappa shape index (κ2) is 8.65. The smallest absolute Gasteiger partial charge is 0.272 e. The van der Waals surface area contributed by atoms with Crippen LogP contribution in [0.2, 0.25) is 5.02 Å². The number of fused-ring (bicyclic) bond motifs is 1. The van der Waals surface area contributed by atoms with Crippen molar-refractivity contribution in [2.24, 2.45) is 0 Å². The summed E-state index contributed by atoms with van der Waals surface area (Å²) >= 11 is 6.04. The number of aryl methyl sites for hydroxylation is 2. The van der Waals surface area contributed by atoms with Gasteiger partial charge in [0.1, 0.15) is 12.4 Å². The second-order valence-corrected chi connectivity index (χ2v) is 7.88. The third-order valence-corrected chi connectivity index (χ3v) is 5.36. The minimum Gasteiger partial charge on any atom is -0.384 e. The summed E-state index contributed by atoms with van der Waals surface area (Å²) in [4.78, 5) is 24.7. The summed E-state index contributed by atoms with van der Waals surface area (Å²) in [7, 11) is 0. The Hall–Kier alpha value is -3.96. The summed E-state index contributed by atoms with van der Waals surface area (Å²) in [6, 6.07) is 10.8. The van der Waals surface area contributed by atoms with Crippen LogP contribution < -0.4 is 11.1 Å². The van der Waals surface area contributed by atoms with Gasteiger partial charge in [-0.25, -0.2) is 4.98 Å². The molecule has 1 amide bonds. The highest BCUT2D eigenvalue weighted by atomic mass is 35.5. The largest absolute Gasteiger partial charge is 0.384 e. The number of pyridine rings is 2. The average Bonchev–Trinajstić information content (AvgIpc) is 3.15. The van der Waals surface area contributed by atoms with Crippen LogP contribution in [0.25, 0.3) is 15.7 Å². The molecule has 0 atom stereocenters. The fraction of sp³-hybridized carbons (Fsp3) is 0.174. The maximum Gasteiger partial charge on any atom is 0.272 e. The number of hydrogen-bond acceptors (Lipinski definition) is 5. The molecule has 0 saturated heterocycles. The van der Waals surface area contributed by atoms with Crippen LogP contribution in [0, 0.1) is 20.4 Å². The minimum absolute atomic E-state index is 0.181. The Labute approximate surface area is 189 Å². The normalized spacial score (nSPS) is 10.8. The zero-order valence-corrected chi connectivity index (χ0v) is 18.3. The van der Waals surface area contributed by atoms with E-state index in [1.54, 1.807) is 12.3 Å². The highest BCUT2D eigenvalue weighted by molar-refractivity contribution is 6.31. The summed E-state index contributed by atoms with van der Waals surface area (Å²) in [5.74, 6) is 0.363. The molecule has 0 fully saturated rings. The Morgan fingerprint density at radius 3 is 2.81 bits per heavy atom. The molecule has 0 spiro atoms. The lowest BCUT2D eigenvalue weighted by atomic mass is 10.1. The number of anilines is 1. The van der Waals surface area contributed by atoms with Gasteiger partial charge in [0.05, 0.1) is 10.5 Å². The van der Waals surface area contributed by atoms with Crippen molar-refractivity contribution in [3.63, 3.8) is 0 Å². The molecule has 9 heteroatoms. The number of carbonyl (C=O) groups excluding carboxylic acids is 1. The van der Waals surface area contributed by atoms with Gasteiger partial charge in [0.15, 0.2) is 5.69 Å². The summed E-state index contributed by atoms with van der Waals surface area (Å²) in [6.07, 6.45) is 1.60. The number of aromatic nitrogens is 4. The topological polar surface area (TPSA) is 103 Å². The second-order valence-electron chi connectivity index (χ2n) is 7.45. The predicted molar refractivity (Wildman–Crippen MR) is 124 cm³/mol. The maximum absolute atomic E-state index is 12.7. The molecule has 0 unspecified atom stereocenters. The van der Waals surface area contributed by atoms with Crippen LogP contribution in [0.4, 0.5) is 11.6 Å². The van der Waals surface area contributed by atoms with Gasteiger partial charge in [-0.2, -0.15) is 4.68 Å². The monoisotopic (exact) mass is 445 g/mol. The summed E-state index contributed by atoms with van der Waals surface area (Å²) in [5, 5.41) is 8.66. The summed E-state index contributed by atoms with van der Waals surface area (Å²) in [6.45, 7) is 11.9. The van der Waals surface area contributed by atoms with Crippen molar-refractivity contribution in [3.8, 4) is 0 Å². The Morgan fingerprint density at radius 2 is 2.06 bits per heavy atom. The summed E-state index contributed by atoms with van der Waals surface area (Å²) in [5.41, 5.74) is 10.3. The number of halogens is 1. The number of nitrogens with two attached hydrogens (primary N) is 1. The van der Waals surface area contributed by atoms with Crippen LogP contribution in [0.5, 0.6) is 0 Å². The van der Waals surface area contributed by atoms with E-state index in [-0.39, 0.29) is 17.4 Å². The summed E-state index contributed by atoms with van der Waals surface area (Å²) < 4.78 is 1.52. The Balaban J connectivity index is 1.53. The van der Waals surface area contributed by atoms with E-state index in [0.717, 1.165) is 33.3 Å². The first-order chi connectivity index (χ1) is 15.3. The van der Waals surface area contributed by atoms with Crippen molar-refractivity contribution in [2.75, 3.05) is 5.73 Å². The van der Waals surface area contributed by atoms with E-state index >= 15 is 0 Å². The molecule has 0 aliphatic rings. The number of hydrogen-bond donors (Lipinski definition) is 2. The quantitative estimate of drug-likeness (QED) is 0.448. The van der Waals surface area contributed by atoms with E-state index < -0.39 is 0 Å². The first-order valence-corrected chi connectivity index (χ1v) is 10.2. The van der Waals surface area contributed by atoms with Crippen molar-refractivity contribution in [1.82, 2.24) is 25.1 Å². The first kappa shape index (κ1) is 21.3. The lowest BCUT2D eigenvalue weighted by molar-refractivity contribution is 0.0945. The minimum atomic E-state index is -0.362. The molecule has 32 heavy (non-hydrogen) atoms. The Bertz CT molecular complexity index is 1360. The molecule has 4 aromatic rings. The standard InChI is InChI=1S/C23H20ClN7O/c1-13-6-21(25)29-14(2)18(13)11-28-23(32)20-9-22(26-3)31(30-20)12-15-4-5-19-16(7-15)8-17(24)10-27-19/h4-10H,11-12H2,1-2H3,(H2,25,29)(H,28,32). The fourth-order valence-electron chi connectivity index (χ4n) is 3.56. The average molecular weight is 446 g/mol. The van der Waals surface area contributed by atoms with Crippen molar-refractivity contribution in [2.45, 2.75) is 26.9 Å². The van der Waals surface area contributed by atoms with Gasteiger partial charge in [-0.1, -0.05) is 29.3 Å². The lowest BCUT2D eigenvalue weighted by Gasteiger charge is -2.10. The molecule has 1 aromatic carbocycles. The third kappa shape index (κ3) is 4.38. The number of nitrogens with zero attached hydrogens (tertiary/aromatic N) is 5. The Kier molecular flexibility index (Phi) is 5.75. The van der Waals surface area contributed by atoms with Crippen molar-refractivity contribution >= 4 is 40.0 Å². The van der Waals surface area contributed by atoms with Gasteiger partial charge in [0.25, 0.3) is 11.7 Å². The number of benzene rings is 1. The SMILES string of the molecule is [C-]#[N+]c1cc(C(=O)NCc2c(C)cc(N)nc2C)nn1Cc1ccc2ncc(Cl)cc2c1. The molecule has 0 saturated carbocycles. The van der Waals surface area contributed by atoms with Crippen LogP contribution in [0.3, 0.4) is 0 Å². The molecule has 0 aliphatic carbocycles. The number of nitrogen functional groups attached to an aromatic ring is 1. The highest BCUT2D eigenvalue weighted by Gasteiger charge is 2.17. The molecule has 160 valence electrons. The lowest BCUT2D eigenvalue weighted by Crippen LogP contribution is -2.24. The van der Waals surface area contributed by atoms with Gasteiger partial charge in [0, 0.05) is 23.8 Å². The number of carbonyl (C=O) groups is 1. The Morgan fingerprint density at radius 1 is 1.25 bits per heavy atom. The predicted octanol–water partition coefficient (Wildman–Crippen LogP) is 4.21. The highest BCUT2D eigenvalue weighted by Crippen LogP contribution is 2.21. The van der Waals surface area contributed by atoms with E-state index in [9.17, 15) is 4.79 Å². The van der Waals surface area contributed by atoms with Crippen molar-refractivity contribution in [3.05, 3.63) is 87.1 Å². The van der Waals surface area contributed by atoms with Crippen molar-refractivity contribution < 1.29 is 4.79 Å². The van der Waals surface area contributed by atoms with E-state index in [4.69, 9.17) is 23.9 Å². The molecule has 8 nitrogen and oxygen atoms in total. The van der Waals surface area contributed by atoms with E-state index in [2.05, 4.69) is 25.2 Å². The molecule has 0 bridgehead atoms. The molecular weight excluding hydrogens is 426 g/mol. The van der Waals surface area contributed by atoms with E-state index in [1.807, 2.05) is 38.1 Å². The van der Waals surface area contributed by atoms with Crippen LogP contribution in [0.1, 0.15) is 32.9 Å². The van der Waals surface area contributed by atoms with Gasteiger partial charge < -0.3 is 15.9 Å². The molecule has 3 aromatic heterocycles. The van der Waals surface area contributed by atoms with E-state index in [1.165, 1.54) is 10.7 Å². The first-order valence-electron chi connectivity index (χ1n) is 9.84. The molecule has 4 rings (SSSR count). The van der Waals surface area contributed by atoms with Gasteiger partial charge in [-0.05, 0) is 60.9 Å². The van der Waals surface area contributed by atoms with Crippen molar-refractivity contribution in [1.29, 1.82) is 0 Å². The molecule has 0 aliphatic heterocycles. The van der Waals surface area contributed by atoms with Crippen LogP contribution in [-0.4, -0.2) is 25.7 Å². The number of rotatable bonds is 5. The van der Waals surface area contributed by atoms with Crippen LogP contribution >= 0.6 is 11.6 Å². The molecule has 3 heterocycles. The van der Waals surface area contributed by atoms with Crippen LogP contribution in [-0.2, 0) is 13.1 Å². The third-order valence-electron chi connectivity index (χ3n) is 5.15. The zero-order chi connectivity index (χ0) is 22.8. The van der Waals surface area contributed by atoms with Gasteiger partial charge >= 0.3 is 0 Å². The van der Waals surface area contributed by atoms with Gasteiger partial charge in [-0.3, -0.25) is 9.78 Å². The van der Waals surface area contributed by atoms with Gasteiger partial charge in [-0.15, -0.1) is 0 Å². The zero-order valence-electron chi connectivity index (χ0n) is 17.6. The molecule has 3 N–H and O–H groups in total. The maximum atomic E-state index is 12.7.